The Labute approximate surface area is 183 Å². The van der Waals surface area contributed by atoms with Gasteiger partial charge in [0.2, 0.25) is 0 Å². The average molecular weight is 416 g/mol. The van der Waals surface area contributed by atoms with E-state index in [1.54, 1.807) is 4.68 Å². The molecule has 0 spiro atoms. The van der Waals surface area contributed by atoms with Crippen molar-refractivity contribution in [2.24, 2.45) is 0 Å². The Morgan fingerprint density at radius 2 is 1.35 bits per heavy atom. The van der Waals surface area contributed by atoms with Crippen LogP contribution >= 0.6 is 0 Å². The number of rotatable bonds is 2. The van der Waals surface area contributed by atoms with Crippen LogP contribution < -0.4 is 0 Å². The number of aromatic hydroxyl groups is 2. The summed E-state index contributed by atoms with van der Waals surface area (Å²) in [6, 6.07) is 17.3. The molecule has 0 amide bonds. The van der Waals surface area contributed by atoms with Crippen LogP contribution in [0.25, 0.3) is 27.8 Å². The van der Waals surface area contributed by atoms with Crippen molar-refractivity contribution < 1.29 is 10.2 Å². The number of phenols is 2. The summed E-state index contributed by atoms with van der Waals surface area (Å²) >= 11 is 0. The lowest BCUT2D eigenvalue weighted by Gasteiger charge is -2.22. The molecule has 0 aliphatic rings. The molecule has 0 radical (unpaired) electrons. The zero-order valence-corrected chi connectivity index (χ0v) is 18.9. The lowest BCUT2D eigenvalue weighted by Crippen LogP contribution is -2.12. The normalized spacial score (nSPS) is 12.5. The predicted octanol–water partition coefficient (Wildman–Crippen LogP) is 6.09. The number of para-hydroxylation sites is 2. The second kappa shape index (κ2) is 7.12. The van der Waals surface area contributed by atoms with Crippen LogP contribution in [0.15, 0.2) is 54.6 Å². The fourth-order valence-electron chi connectivity index (χ4n) is 3.95. The lowest BCUT2D eigenvalue weighted by molar-refractivity contribution is 0.442. The highest BCUT2D eigenvalue weighted by Gasteiger charge is 2.23. The van der Waals surface area contributed by atoms with E-state index < -0.39 is 0 Å². The molecule has 0 saturated carbocycles. The van der Waals surface area contributed by atoms with Gasteiger partial charge in [-0.3, -0.25) is 0 Å². The Bertz CT molecular complexity index is 1270. The van der Waals surface area contributed by atoms with Crippen molar-refractivity contribution >= 4 is 11.0 Å². The highest BCUT2D eigenvalue weighted by atomic mass is 16.3. The first-order chi connectivity index (χ1) is 14.5. The van der Waals surface area contributed by atoms with Crippen molar-refractivity contribution in [3.05, 3.63) is 65.7 Å². The number of benzene rings is 3. The van der Waals surface area contributed by atoms with Crippen LogP contribution in [0, 0.1) is 0 Å². The second-order valence-electron chi connectivity index (χ2n) is 10.1. The van der Waals surface area contributed by atoms with Crippen molar-refractivity contribution in [1.29, 1.82) is 0 Å². The van der Waals surface area contributed by atoms with Crippen molar-refractivity contribution in [3.8, 4) is 28.3 Å². The molecule has 0 aliphatic heterocycles. The number of hydrogen-bond acceptors (Lipinski definition) is 4. The van der Waals surface area contributed by atoms with Gasteiger partial charge in [-0.15, -0.1) is 5.10 Å². The zero-order valence-electron chi connectivity index (χ0n) is 18.9. The summed E-state index contributed by atoms with van der Waals surface area (Å²) in [6.07, 6.45) is 0. The summed E-state index contributed by atoms with van der Waals surface area (Å²) in [4.78, 5) is 0. The summed E-state index contributed by atoms with van der Waals surface area (Å²) < 4.78 is 1.66. The van der Waals surface area contributed by atoms with Crippen LogP contribution in [0.2, 0.25) is 0 Å². The average Bonchev–Trinajstić information content (AvgIpc) is 3.09. The maximum Gasteiger partial charge on any atom is 0.145 e. The van der Waals surface area contributed by atoms with Crippen molar-refractivity contribution in [3.63, 3.8) is 0 Å². The third-order valence-corrected chi connectivity index (χ3v) is 5.65. The van der Waals surface area contributed by atoms with Crippen LogP contribution in [0.5, 0.6) is 11.5 Å². The van der Waals surface area contributed by atoms with E-state index in [2.05, 4.69) is 51.9 Å². The van der Waals surface area contributed by atoms with E-state index in [-0.39, 0.29) is 22.3 Å². The van der Waals surface area contributed by atoms with Gasteiger partial charge in [0.25, 0.3) is 0 Å². The van der Waals surface area contributed by atoms with Gasteiger partial charge < -0.3 is 10.2 Å². The first kappa shape index (κ1) is 20.9. The smallest absolute Gasteiger partial charge is 0.145 e. The molecule has 4 rings (SSSR count). The molecule has 0 unspecified atom stereocenters. The SMILES string of the molecule is CC(C)(C)c1cccc(-c2ccc3nnn(-c4cccc(C(C)(C)C)c4O)c3c2)c1O. The summed E-state index contributed by atoms with van der Waals surface area (Å²) in [7, 11) is 0. The number of nitrogens with zero attached hydrogens (tertiary/aromatic N) is 3. The Morgan fingerprint density at radius 1 is 0.742 bits per heavy atom. The fraction of sp³-hybridized carbons (Fsp3) is 0.308. The van der Waals surface area contributed by atoms with Gasteiger partial charge in [0, 0.05) is 11.1 Å². The topological polar surface area (TPSA) is 71.2 Å². The van der Waals surface area contributed by atoms with Crippen LogP contribution in [0.4, 0.5) is 0 Å². The summed E-state index contributed by atoms with van der Waals surface area (Å²) in [5, 5.41) is 30.6. The highest BCUT2D eigenvalue weighted by molar-refractivity contribution is 5.85. The van der Waals surface area contributed by atoms with Crippen LogP contribution in [-0.2, 0) is 10.8 Å². The Morgan fingerprint density at radius 3 is 2.00 bits per heavy atom. The molecule has 0 bridgehead atoms. The monoisotopic (exact) mass is 415 g/mol. The maximum atomic E-state index is 11.0. The minimum Gasteiger partial charge on any atom is -0.507 e. The molecule has 0 fully saturated rings. The van der Waals surface area contributed by atoms with E-state index in [4.69, 9.17) is 0 Å². The third-order valence-electron chi connectivity index (χ3n) is 5.65. The van der Waals surface area contributed by atoms with Gasteiger partial charge in [-0.1, -0.05) is 83.2 Å². The van der Waals surface area contributed by atoms with Crippen molar-refractivity contribution in [2.75, 3.05) is 0 Å². The van der Waals surface area contributed by atoms with Gasteiger partial charge in [-0.25, -0.2) is 4.68 Å². The third kappa shape index (κ3) is 3.65. The van der Waals surface area contributed by atoms with Gasteiger partial charge in [0.15, 0.2) is 0 Å². The van der Waals surface area contributed by atoms with Crippen molar-refractivity contribution in [2.45, 2.75) is 52.4 Å². The molecule has 0 atom stereocenters. The number of phenolic OH excluding ortho intramolecular Hbond substituents is 2. The molecule has 4 aromatic rings. The Kier molecular flexibility index (Phi) is 4.80. The Hall–Kier alpha value is -3.34. The summed E-state index contributed by atoms with van der Waals surface area (Å²) in [5.74, 6) is 0.482. The van der Waals surface area contributed by atoms with Crippen LogP contribution in [0.1, 0.15) is 52.7 Å². The zero-order chi connectivity index (χ0) is 22.6. The molecule has 1 heterocycles. The standard InChI is InChI=1S/C26H29N3O2/c1-25(2,3)18-10-7-9-17(23(18)30)16-13-14-20-22(15-16)29(28-27-20)21-12-8-11-19(24(21)31)26(4,5)6/h7-15,30-31H,1-6H3. The van der Waals surface area contributed by atoms with Gasteiger partial charge in [-0.05, 0) is 40.2 Å². The number of hydrogen-bond donors (Lipinski definition) is 2. The van der Waals surface area contributed by atoms with Gasteiger partial charge in [-0.2, -0.15) is 0 Å². The predicted molar refractivity (Wildman–Crippen MR) is 125 cm³/mol. The highest BCUT2D eigenvalue weighted by Crippen LogP contribution is 2.40. The van der Waals surface area contributed by atoms with E-state index in [9.17, 15) is 10.2 Å². The molecule has 5 nitrogen and oxygen atoms in total. The summed E-state index contributed by atoms with van der Waals surface area (Å²) in [5.41, 5.74) is 5.05. The molecule has 5 heteroatoms. The molecule has 2 N–H and O–H groups in total. The minimum absolute atomic E-state index is 0.174. The summed E-state index contributed by atoms with van der Waals surface area (Å²) in [6.45, 7) is 12.4. The molecule has 0 saturated heterocycles. The molecule has 31 heavy (non-hydrogen) atoms. The van der Waals surface area contributed by atoms with Crippen molar-refractivity contribution in [1.82, 2.24) is 15.0 Å². The largest absolute Gasteiger partial charge is 0.507 e. The quantitative estimate of drug-likeness (QED) is 0.415. The lowest BCUT2D eigenvalue weighted by atomic mass is 9.84. The van der Waals surface area contributed by atoms with Crippen LogP contribution in [0.3, 0.4) is 0 Å². The van der Waals surface area contributed by atoms with Gasteiger partial charge in [0.1, 0.15) is 22.7 Å². The van der Waals surface area contributed by atoms with E-state index >= 15 is 0 Å². The van der Waals surface area contributed by atoms with E-state index in [1.807, 2.05) is 54.6 Å². The maximum absolute atomic E-state index is 11.0. The molecular formula is C26H29N3O2. The molecule has 3 aromatic carbocycles. The second-order valence-corrected chi connectivity index (χ2v) is 10.1. The first-order valence-electron chi connectivity index (χ1n) is 10.5. The van der Waals surface area contributed by atoms with Gasteiger partial charge in [0.05, 0.1) is 5.52 Å². The fourth-order valence-corrected chi connectivity index (χ4v) is 3.95. The Balaban J connectivity index is 1.90. The van der Waals surface area contributed by atoms with E-state index in [0.717, 1.165) is 33.3 Å². The van der Waals surface area contributed by atoms with E-state index in [0.29, 0.717) is 5.69 Å². The molecule has 1 aromatic heterocycles. The van der Waals surface area contributed by atoms with Crippen LogP contribution in [-0.4, -0.2) is 25.2 Å². The molecule has 160 valence electrons. The van der Waals surface area contributed by atoms with Gasteiger partial charge >= 0.3 is 0 Å². The van der Waals surface area contributed by atoms with E-state index in [1.165, 1.54) is 0 Å². The molecular weight excluding hydrogens is 386 g/mol. The first-order valence-corrected chi connectivity index (χ1v) is 10.5. The molecule has 0 aliphatic carbocycles. The number of aromatic nitrogens is 3. The minimum atomic E-state index is -0.208. The number of fused-ring (bicyclic) bond motifs is 1.